The zero-order valence-corrected chi connectivity index (χ0v) is 17.9. The molecule has 0 spiro atoms. The van der Waals surface area contributed by atoms with Crippen molar-refractivity contribution in [2.75, 3.05) is 0 Å². The molecule has 0 N–H and O–H groups in total. The van der Waals surface area contributed by atoms with Gasteiger partial charge in [0.05, 0.1) is 11.9 Å². The van der Waals surface area contributed by atoms with Gasteiger partial charge in [0.1, 0.15) is 10.7 Å². The smallest absolute Gasteiger partial charge is 0.282 e. The van der Waals surface area contributed by atoms with Crippen molar-refractivity contribution >= 4 is 44.8 Å². The van der Waals surface area contributed by atoms with Crippen molar-refractivity contribution in [3.8, 4) is 0 Å². The summed E-state index contributed by atoms with van der Waals surface area (Å²) in [7, 11) is 0. The van der Waals surface area contributed by atoms with Crippen LogP contribution in [0.4, 0.5) is 0 Å². The molecule has 0 fully saturated rings. The number of rotatable bonds is 1. The molecule has 4 aromatic rings. The van der Waals surface area contributed by atoms with Crippen LogP contribution in [0.2, 0.25) is 5.02 Å². The van der Waals surface area contributed by atoms with Gasteiger partial charge >= 0.3 is 0 Å². The molecular weight excluding hydrogens is 412 g/mol. The molecule has 0 bridgehead atoms. The van der Waals surface area contributed by atoms with Crippen LogP contribution in [0.1, 0.15) is 45.8 Å². The van der Waals surface area contributed by atoms with Gasteiger partial charge in [-0.3, -0.25) is 4.79 Å². The molecule has 2 aliphatic rings. The molecule has 30 heavy (non-hydrogen) atoms. The van der Waals surface area contributed by atoms with Crippen LogP contribution in [-0.4, -0.2) is 9.55 Å². The lowest BCUT2D eigenvalue weighted by Gasteiger charge is -2.24. The van der Waals surface area contributed by atoms with E-state index in [9.17, 15) is 4.79 Å². The second kappa shape index (κ2) is 6.93. The number of halogens is 1. The highest BCUT2D eigenvalue weighted by atomic mass is 35.5. The van der Waals surface area contributed by atoms with Gasteiger partial charge in [0.15, 0.2) is 0 Å². The van der Waals surface area contributed by atoms with Crippen LogP contribution >= 0.6 is 22.9 Å². The van der Waals surface area contributed by atoms with Gasteiger partial charge in [0.25, 0.3) is 5.56 Å². The lowest BCUT2D eigenvalue weighted by atomic mass is 9.93. The maximum Gasteiger partial charge on any atom is 0.282 e. The molecule has 6 rings (SSSR count). The Morgan fingerprint density at radius 2 is 1.83 bits per heavy atom. The molecule has 1 aliphatic carbocycles. The van der Waals surface area contributed by atoms with Crippen LogP contribution in [0.15, 0.2) is 53.3 Å². The molecule has 3 nitrogen and oxygen atoms in total. The molecule has 1 aliphatic heterocycles. The third-order valence-corrected chi connectivity index (χ3v) is 7.70. The number of nitrogens with zero attached hydrogens (tertiary/aromatic N) is 2. The van der Waals surface area contributed by atoms with Crippen molar-refractivity contribution in [2.45, 2.75) is 32.2 Å². The third kappa shape index (κ3) is 2.78. The summed E-state index contributed by atoms with van der Waals surface area (Å²) in [6.45, 7) is 0.743. The third-order valence-electron chi connectivity index (χ3n) is 6.13. The quantitative estimate of drug-likeness (QED) is 0.330. The summed E-state index contributed by atoms with van der Waals surface area (Å²) >= 11 is 7.87. The van der Waals surface area contributed by atoms with Crippen LogP contribution in [0.5, 0.6) is 0 Å². The van der Waals surface area contributed by atoms with E-state index in [4.69, 9.17) is 11.6 Å². The van der Waals surface area contributed by atoms with E-state index in [1.807, 2.05) is 30.3 Å². The summed E-state index contributed by atoms with van der Waals surface area (Å²) in [6, 6.07) is 16.2. The molecule has 148 valence electrons. The van der Waals surface area contributed by atoms with Crippen LogP contribution in [-0.2, 0) is 19.4 Å². The Labute approximate surface area is 183 Å². The topological polar surface area (TPSA) is 34.9 Å². The predicted molar refractivity (Wildman–Crippen MR) is 124 cm³/mol. The standard InChI is InChI=1S/C25H19ClN2OS/c26-17-11-9-15(10-12-17)13-20-18-6-2-1-5-16(18)14-28-23(20)27-24(29)22-19-7-3-4-8-21(19)30-25(22)28/h1-2,5-6,9-13H,3-4,7-8,14H2/b20-13+. The first-order valence-corrected chi connectivity index (χ1v) is 11.5. The number of fused-ring (bicyclic) bond motifs is 6. The normalized spacial score (nSPS) is 16.4. The van der Waals surface area contributed by atoms with Gasteiger partial charge in [-0.25, -0.2) is 0 Å². The van der Waals surface area contributed by atoms with E-state index in [0.29, 0.717) is 5.02 Å². The molecular formula is C25H19ClN2OS. The lowest BCUT2D eigenvalue weighted by Crippen LogP contribution is -2.23. The van der Waals surface area contributed by atoms with Gasteiger partial charge in [-0.1, -0.05) is 48.0 Å². The minimum Gasteiger partial charge on any atom is -0.312 e. The number of hydrogen-bond acceptors (Lipinski definition) is 3. The molecule has 0 amide bonds. The number of hydrogen-bond donors (Lipinski definition) is 0. The average molecular weight is 431 g/mol. The zero-order chi connectivity index (χ0) is 20.2. The van der Waals surface area contributed by atoms with E-state index in [1.54, 1.807) is 11.3 Å². The van der Waals surface area contributed by atoms with Crippen LogP contribution in [0, 0.1) is 0 Å². The summed E-state index contributed by atoms with van der Waals surface area (Å²) in [5, 5.41) is 1.56. The molecule has 2 aromatic heterocycles. The minimum atomic E-state index is -0.0861. The number of aryl methyl sites for hydroxylation is 2. The van der Waals surface area contributed by atoms with Crippen molar-refractivity contribution in [3.05, 3.63) is 96.9 Å². The number of benzene rings is 2. The number of thiophene rings is 1. The maximum absolute atomic E-state index is 13.2. The largest absolute Gasteiger partial charge is 0.312 e. The van der Waals surface area contributed by atoms with E-state index in [1.165, 1.54) is 22.4 Å². The van der Waals surface area contributed by atoms with E-state index >= 15 is 0 Å². The first-order chi connectivity index (χ1) is 14.7. The zero-order valence-electron chi connectivity index (χ0n) is 16.3. The van der Waals surface area contributed by atoms with E-state index in [0.717, 1.165) is 58.5 Å². The molecule has 3 heterocycles. The molecule has 0 atom stereocenters. The first kappa shape index (κ1) is 18.1. The fourth-order valence-electron chi connectivity index (χ4n) is 4.70. The summed E-state index contributed by atoms with van der Waals surface area (Å²) in [4.78, 5) is 20.3. The Bertz CT molecular complexity index is 1400. The van der Waals surface area contributed by atoms with Gasteiger partial charge in [-0.2, -0.15) is 4.98 Å². The molecule has 5 heteroatoms. The van der Waals surface area contributed by atoms with Crippen molar-refractivity contribution in [1.29, 1.82) is 0 Å². The van der Waals surface area contributed by atoms with E-state index in [-0.39, 0.29) is 5.56 Å². The number of aromatic nitrogens is 2. The van der Waals surface area contributed by atoms with Gasteiger partial charge in [-0.05, 0) is 66.1 Å². The Morgan fingerprint density at radius 3 is 2.70 bits per heavy atom. The van der Waals surface area contributed by atoms with Crippen molar-refractivity contribution < 1.29 is 0 Å². The van der Waals surface area contributed by atoms with Gasteiger partial charge < -0.3 is 4.57 Å². The van der Waals surface area contributed by atoms with Crippen LogP contribution in [0.3, 0.4) is 0 Å². The summed E-state index contributed by atoms with van der Waals surface area (Å²) < 4.78 is 2.25. The molecule has 0 radical (unpaired) electrons. The fraction of sp³-hybridized carbons (Fsp3) is 0.200. The second-order valence-corrected chi connectivity index (χ2v) is 9.50. The highest BCUT2D eigenvalue weighted by Gasteiger charge is 2.27. The van der Waals surface area contributed by atoms with Gasteiger partial charge in [0, 0.05) is 15.5 Å². The molecule has 0 saturated carbocycles. The van der Waals surface area contributed by atoms with Crippen LogP contribution in [0.25, 0.3) is 21.9 Å². The second-order valence-electron chi connectivity index (χ2n) is 7.98. The Hall–Kier alpha value is -2.69. The Kier molecular flexibility index (Phi) is 4.18. The van der Waals surface area contributed by atoms with Gasteiger partial charge in [-0.15, -0.1) is 11.3 Å². The van der Waals surface area contributed by atoms with Crippen molar-refractivity contribution in [3.63, 3.8) is 0 Å². The molecule has 0 saturated heterocycles. The minimum absolute atomic E-state index is 0.0861. The summed E-state index contributed by atoms with van der Waals surface area (Å²) in [6.07, 6.45) is 6.55. The fourth-order valence-corrected chi connectivity index (χ4v) is 6.21. The molecule has 0 unspecified atom stereocenters. The lowest BCUT2D eigenvalue weighted by molar-refractivity contribution is 0.699. The monoisotopic (exact) mass is 430 g/mol. The SMILES string of the molecule is O=c1nc2n(c3sc4c(c13)CCCC4)Cc1ccccc1/C2=C\c1ccc(Cl)cc1. The molecule has 2 aromatic carbocycles. The average Bonchev–Trinajstić information content (AvgIpc) is 3.16. The van der Waals surface area contributed by atoms with E-state index in [2.05, 4.69) is 33.8 Å². The Balaban J connectivity index is 1.65. The Morgan fingerprint density at radius 1 is 1.03 bits per heavy atom. The maximum atomic E-state index is 13.2. The van der Waals surface area contributed by atoms with Crippen LogP contribution < -0.4 is 5.56 Å². The van der Waals surface area contributed by atoms with Gasteiger partial charge in [0.2, 0.25) is 0 Å². The van der Waals surface area contributed by atoms with E-state index < -0.39 is 0 Å². The highest BCUT2D eigenvalue weighted by molar-refractivity contribution is 7.18. The highest BCUT2D eigenvalue weighted by Crippen LogP contribution is 2.39. The van der Waals surface area contributed by atoms with Crippen molar-refractivity contribution in [1.82, 2.24) is 9.55 Å². The first-order valence-electron chi connectivity index (χ1n) is 10.3. The van der Waals surface area contributed by atoms with Crippen molar-refractivity contribution in [2.24, 2.45) is 0 Å². The predicted octanol–water partition coefficient (Wildman–Crippen LogP) is 5.94. The summed E-state index contributed by atoms with van der Waals surface area (Å²) in [5.41, 5.74) is 5.58. The summed E-state index contributed by atoms with van der Waals surface area (Å²) in [5.74, 6) is 0.764.